The van der Waals surface area contributed by atoms with Gasteiger partial charge < -0.3 is 4.74 Å². The number of halogens is 2. The van der Waals surface area contributed by atoms with Crippen molar-refractivity contribution >= 4 is 5.97 Å². The number of methoxy groups -OCH3 is 1. The Bertz CT molecular complexity index is 610. The Morgan fingerprint density at radius 3 is 2.47 bits per heavy atom. The molecule has 0 spiro atoms. The van der Waals surface area contributed by atoms with Gasteiger partial charge in [0.2, 0.25) is 0 Å². The molecule has 0 heterocycles. The van der Waals surface area contributed by atoms with Crippen LogP contribution in [0, 0.1) is 29.6 Å². The Morgan fingerprint density at radius 1 is 1.32 bits per heavy atom. The fourth-order valence-corrected chi connectivity index (χ4v) is 1.40. The molecule has 1 aliphatic rings. The number of hydrogen-bond acceptors (Lipinski definition) is 2. The van der Waals surface area contributed by atoms with Gasteiger partial charge >= 0.3 is 5.97 Å². The molecule has 19 heavy (non-hydrogen) atoms. The zero-order valence-corrected chi connectivity index (χ0v) is 10.2. The van der Waals surface area contributed by atoms with Crippen molar-refractivity contribution in [1.82, 2.24) is 0 Å². The third kappa shape index (κ3) is 3.33. The number of carbonyl (C=O) groups is 1. The first-order valence-electron chi connectivity index (χ1n) is 5.60. The summed E-state index contributed by atoms with van der Waals surface area (Å²) in [6.07, 6.45) is -0.171. The summed E-state index contributed by atoms with van der Waals surface area (Å²) in [5.74, 6) is 6.16. The highest BCUT2D eigenvalue weighted by Gasteiger charge is 2.56. The second-order valence-electron chi connectivity index (χ2n) is 4.11. The lowest BCUT2D eigenvalue weighted by Gasteiger charge is -1.97. The van der Waals surface area contributed by atoms with Gasteiger partial charge in [0.05, 0.1) is 18.6 Å². The van der Waals surface area contributed by atoms with Crippen LogP contribution in [0.3, 0.4) is 0 Å². The minimum Gasteiger partial charge on any atom is -0.465 e. The number of rotatable bonds is 1. The summed E-state index contributed by atoms with van der Waals surface area (Å²) in [6.45, 7) is 0. The summed E-state index contributed by atoms with van der Waals surface area (Å²) in [5, 5.41) is 0. The van der Waals surface area contributed by atoms with Crippen LogP contribution in [-0.4, -0.2) is 19.0 Å². The van der Waals surface area contributed by atoms with Gasteiger partial charge in [-0.05, 0) is 36.1 Å². The fourth-order valence-electron chi connectivity index (χ4n) is 1.40. The van der Waals surface area contributed by atoms with Crippen LogP contribution in [0.5, 0.6) is 0 Å². The fraction of sp³-hybridized carbons (Fsp3) is 0.267. The first-order valence-corrected chi connectivity index (χ1v) is 5.60. The van der Waals surface area contributed by atoms with Crippen molar-refractivity contribution in [3.8, 4) is 23.7 Å². The average Bonchev–Trinajstić information content (AvgIpc) is 3.02. The number of alkyl halides is 2. The van der Waals surface area contributed by atoms with Crippen molar-refractivity contribution in [2.24, 2.45) is 5.92 Å². The average molecular weight is 260 g/mol. The first kappa shape index (κ1) is 13.1. The summed E-state index contributed by atoms with van der Waals surface area (Å²) in [4.78, 5) is 11.2. The summed E-state index contributed by atoms with van der Waals surface area (Å²) < 4.78 is 29.6. The molecule has 4 heteroatoms. The lowest BCUT2D eigenvalue weighted by molar-refractivity contribution is 0.0600. The van der Waals surface area contributed by atoms with E-state index in [0.717, 1.165) is 0 Å². The van der Waals surface area contributed by atoms with Crippen molar-refractivity contribution < 1.29 is 18.3 Å². The molecule has 0 aromatic heterocycles. The molecule has 2 nitrogen and oxygen atoms in total. The van der Waals surface area contributed by atoms with E-state index >= 15 is 0 Å². The van der Waals surface area contributed by atoms with Gasteiger partial charge in [0.1, 0.15) is 0 Å². The van der Waals surface area contributed by atoms with E-state index in [1.54, 1.807) is 24.3 Å². The number of ether oxygens (including phenoxy) is 1. The van der Waals surface area contributed by atoms with Gasteiger partial charge in [0, 0.05) is 12.0 Å². The van der Waals surface area contributed by atoms with Gasteiger partial charge in [0.15, 0.2) is 0 Å². The molecule has 0 amide bonds. The maximum Gasteiger partial charge on any atom is 0.337 e. The minimum absolute atomic E-state index is 0.171. The van der Waals surface area contributed by atoms with Crippen LogP contribution in [-0.2, 0) is 4.74 Å². The second-order valence-corrected chi connectivity index (χ2v) is 4.11. The molecule has 0 saturated heterocycles. The smallest absolute Gasteiger partial charge is 0.337 e. The van der Waals surface area contributed by atoms with E-state index in [1.165, 1.54) is 7.11 Å². The van der Waals surface area contributed by atoms with Gasteiger partial charge in [0.25, 0.3) is 5.92 Å². The summed E-state index contributed by atoms with van der Waals surface area (Å²) in [6, 6.07) is 6.45. The molecule has 1 atom stereocenters. The zero-order valence-electron chi connectivity index (χ0n) is 10.2. The van der Waals surface area contributed by atoms with Gasteiger partial charge in [-0.15, -0.1) is 0 Å². The van der Waals surface area contributed by atoms with Crippen LogP contribution in [0.15, 0.2) is 24.3 Å². The predicted octanol–water partition coefficient (Wildman–Crippen LogP) is 2.48. The predicted molar refractivity (Wildman–Crippen MR) is 65.5 cm³/mol. The maximum absolute atomic E-state index is 12.5. The molecule has 0 aliphatic heterocycles. The van der Waals surface area contributed by atoms with Crippen molar-refractivity contribution in [2.75, 3.05) is 7.11 Å². The molecule has 1 saturated carbocycles. The lowest BCUT2D eigenvalue weighted by Crippen LogP contribution is -2.00. The number of benzene rings is 1. The van der Waals surface area contributed by atoms with Crippen LogP contribution < -0.4 is 0 Å². The van der Waals surface area contributed by atoms with Crippen LogP contribution in [0.1, 0.15) is 22.3 Å². The number of esters is 1. The van der Waals surface area contributed by atoms with Gasteiger partial charge in [-0.3, -0.25) is 0 Å². The second kappa shape index (κ2) is 5.12. The van der Waals surface area contributed by atoms with Crippen molar-refractivity contribution in [2.45, 2.75) is 12.3 Å². The molecule has 2 rings (SSSR count). The van der Waals surface area contributed by atoms with E-state index in [-0.39, 0.29) is 6.42 Å². The van der Waals surface area contributed by atoms with E-state index in [1.807, 2.05) is 0 Å². The van der Waals surface area contributed by atoms with Crippen LogP contribution in [0.4, 0.5) is 8.78 Å². The Morgan fingerprint density at radius 2 is 1.95 bits per heavy atom. The highest BCUT2D eigenvalue weighted by molar-refractivity contribution is 5.89. The van der Waals surface area contributed by atoms with E-state index in [0.29, 0.717) is 11.1 Å². The Kier molecular flexibility index (Phi) is 3.53. The quantitative estimate of drug-likeness (QED) is 0.573. The molecule has 1 aromatic carbocycles. The molecule has 0 N–H and O–H groups in total. The molecule has 1 aliphatic carbocycles. The molecular weight excluding hydrogens is 250 g/mol. The zero-order chi connectivity index (χ0) is 13.9. The topological polar surface area (TPSA) is 26.3 Å². The van der Waals surface area contributed by atoms with E-state index < -0.39 is 17.8 Å². The highest BCUT2D eigenvalue weighted by atomic mass is 19.3. The monoisotopic (exact) mass is 260 g/mol. The molecule has 1 unspecified atom stereocenters. The van der Waals surface area contributed by atoms with Crippen LogP contribution in [0.2, 0.25) is 0 Å². The standard InChI is InChI=1S/C15H10F2O2/c1-19-14(18)12-8-6-11(7-9-12)4-2-3-5-13-10-15(13,16)17/h6-9,13H,10H2,1H3. The first-order chi connectivity index (χ1) is 9.03. The van der Waals surface area contributed by atoms with Gasteiger partial charge in [-0.2, -0.15) is 0 Å². The number of hydrogen-bond donors (Lipinski definition) is 0. The van der Waals surface area contributed by atoms with Crippen molar-refractivity contribution in [3.63, 3.8) is 0 Å². The lowest BCUT2D eigenvalue weighted by atomic mass is 10.1. The largest absolute Gasteiger partial charge is 0.465 e. The number of carbonyl (C=O) groups excluding carboxylic acids is 1. The van der Waals surface area contributed by atoms with E-state index in [4.69, 9.17) is 0 Å². The summed E-state index contributed by atoms with van der Waals surface area (Å²) >= 11 is 0. The van der Waals surface area contributed by atoms with Crippen LogP contribution in [0.25, 0.3) is 0 Å². The third-order valence-electron chi connectivity index (χ3n) is 2.65. The summed E-state index contributed by atoms with van der Waals surface area (Å²) in [7, 11) is 1.30. The molecule has 1 aromatic rings. The molecule has 96 valence electrons. The molecule has 0 radical (unpaired) electrons. The third-order valence-corrected chi connectivity index (χ3v) is 2.65. The maximum atomic E-state index is 12.5. The van der Waals surface area contributed by atoms with Gasteiger partial charge in [-0.1, -0.05) is 11.8 Å². The highest BCUT2D eigenvalue weighted by Crippen LogP contribution is 2.47. The Balaban J connectivity index is 1.99. The van der Waals surface area contributed by atoms with E-state index in [9.17, 15) is 13.6 Å². The normalized spacial score (nSPS) is 18.4. The van der Waals surface area contributed by atoms with Crippen LogP contribution >= 0.6 is 0 Å². The molecular formula is C15H10F2O2. The summed E-state index contributed by atoms with van der Waals surface area (Å²) in [5.41, 5.74) is 1.08. The van der Waals surface area contributed by atoms with E-state index in [2.05, 4.69) is 28.4 Å². The van der Waals surface area contributed by atoms with Crippen molar-refractivity contribution in [1.29, 1.82) is 0 Å². The molecule has 1 fully saturated rings. The Hall–Kier alpha value is -2.33. The van der Waals surface area contributed by atoms with Crippen molar-refractivity contribution in [3.05, 3.63) is 35.4 Å². The minimum atomic E-state index is -2.63. The Labute approximate surface area is 109 Å². The SMILES string of the molecule is COC(=O)c1ccc(C#CC#CC2CC2(F)F)cc1. The van der Waals surface area contributed by atoms with Gasteiger partial charge in [-0.25, -0.2) is 13.6 Å². The molecule has 0 bridgehead atoms.